The van der Waals surface area contributed by atoms with Gasteiger partial charge in [-0.25, -0.2) is 4.98 Å². The highest BCUT2D eigenvalue weighted by Crippen LogP contribution is 2.21. The molecule has 0 radical (unpaired) electrons. The van der Waals surface area contributed by atoms with E-state index in [-0.39, 0.29) is 5.57 Å². The van der Waals surface area contributed by atoms with E-state index in [0.29, 0.717) is 16.5 Å². The summed E-state index contributed by atoms with van der Waals surface area (Å²) in [7, 11) is 0. The Balaban J connectivity index is 2.11. The largest absolute Gasteiger partial charge is 0.345 e. The van der Waals surface area contributed by atoms with E-state index in [2.05, 4.69) is 31.5 Å². The van der Waals surface area contributed by atoms with E-state index in [0.717, 1.165) is 4.47 Å². The van der Waals surface area contributed by atoms with Crippen LogP contribution < -0.4 is 10.6 Å². The van der Waals surface area contributed by atoms with Gasteiger partial charge < -0.3 is 10.6 Å². The summed E-state index contributed by atoms with van der Waals surface area (Å²) in [4.78, 5) is 16.1. The molecular weight excluding hydrogens is 368 g/mol. The molecule has 110 valence electrons. The number of nitrogens with one attached hydrogen (secondary N) is 2. The fraction of sp³-hybridized carbons (Fsp3) is 0. The van der Waals surface area contributed by atoms with E-state index in [1.165, 1.54) is 6.20 Å². The number of nitriles is 1. The van der Waals surface area contributed by atoms with Gasteiger partial charge in [0, 0.05) is 16.9 Å². The summed E-state index contributed by atoms with van der Waals surface area (Å²) in [6, 6.07) is 12.1. The van der Waals surface area contributed by atoms with Crippen LogP contribution in [0.15, 0.2) is 58.8 Å². The highest BCUT2D eigenvalue weighted by atomic mass is 79.9. The molecule has 7 heteroatoms. The Labute approximate surface area is 140 Å². The molecular formula is C15H10BrClN4O. The summed E-state index contributed by atoms with van der Waals surface area (Å²) >= 11 is 9.27. The Hall–Kier alpha value is -2.36. The molecule has 2 aromatic rings. The van der Waals surface area contributed by atoms with Crippen LogP contribution in [-0.4, -0.2) is 10.9 Å². The molecule has 0 aliphatic carbocycles. The van der Waals surface area contributed by atoms with Gasteiger partial charge >= 0.3 is 0 Å². The first-order valence-electron chi connectivity index (χ1n) is 6.14. The van der Waals surface area contributed by atoms with E-state index in [1.54, 1.807) is 42.6 Å². The van der Waals surface area contributed by atoms with Gasteiger partial charge in [0.15, 0.2) is 0 Å². The van der Waals surface area contributed by atoms with Crippen molar-refractivity contribution in [2.24, 2.45) is 0 Å². The highest BCUT2D eigenvalue weighted by molar-refractivity contribution is 9.10. The second-order valence-electron chi connectivity index (χ2n) is 4.11. The van der Waals surface area contributed by atoms with E-state index >= 15 is 0 Å². The van der Waals surface area contributed by atoms with Gasteiger partial charge in [-0.1, -0.05) is 39.7 Å². The monoisotopic (exact) mass is 376 g/mol. The zero-order chi connectivity index (χ0) is 15.9. The number of hydrogen-bond acceptors (Lipinski definition) is 4. The average Bonchev–Trinajstić information content (AvgIpc) is 2.50. The van der Waals surface area contributed by atoms with Crippen molar-refractivity contribution >= 4 is 44.9 Å². The quantitative estimate of drug-likeness (QED) is 0.624. The number of pyridine rings is 1. The van der Waals surface area contributed by atoms with E-state index < -0.39 is 5.91 Å². The standard InChI is InChI=1S/C15H10BrClN4O/c16-11-5-6-19-14(7-11)20-9-10(8-18)15(22)21-13-4-2-1-3-12(13)17/h1-7,9H,(H,19,20)(H,21,22)/b10-9-. The number of benzene rings is 1. The van der Waals surface area contributed by atoms with Crippen LogP contribution in [0.1, 0.15) is 0 Å². The van der Waals surface area contributed by atoms with Crippen molar-refractivity contribution in [3.63, 3.8) is 0 Å². The molecule has 5 nitrogen and oxygen atoms in total. The number of nitrogens with zero attached hydrogens (tertiary/aromatic N) is 2. The minimum absolute atomic E-state index is 0.0957. The Morgan fingerprint density at radius 2 is 2.14 bits per heavy atom. The molecule has 0 aliphatic heterocycles. The molecule has 0 saturated heterocycles. The molecule has 0 unspecified atom stereocenters. The van der Waals surface area contributed by atoms with Gasteiger partial charge in [0.1, 0.15) is 17.5 Å². The summed E-state index contributed by atoms with van der Waals surface area (Å²) in [6.45, 7) is 0. The van der Waals surface area contributed by atoms with E-state index in [1.807, 2.05) is 6.07 Å². The molecule has 22 heavy (non-hydrogen) atoms. The number of hydrogen-bond donors (Lipinski definition) is 2. The Morgan fingerprint density at radius 1 is 1.36 bits per heavy atom. The maximum atomic E-state index is 12.1. The van der Waals surface area contributed by atoms with Gasteiger partial charge in [0.2, 0.25) is 0 Å². The number of para-hydroxylation sites is 1. The highest BCUT2D eigenvalue weighted by Gasteiger charge is 2.11. The number of carbonyl (C=O) groups excluding carboxylic acids is 1. The first-order valence-corrected chi connectivity index (χ1v) is 7.31. The first kappa shape index (κ1) is 16.0. The maximum Gasteiger partial charge on any atom is 0.267 e. The Kier molecular flexibility index (Phi) is 5.53. The van der Waals surface area contributed by atoms with Gasteiger partial charge in [-0.3, -0.25) is 4.79 Å². The van der Waals surface area contributed by atoms with Crippen molar-refractivity contribution in [1.29, 1.82) is 5.26 Å². The topological polar surface area (TPSA) is 77.8 Å². The molecule has 1 aromatic heterocycles. The third kappa shape index (κ3) is 4.32. The second-order valence-corrected chi connectivity index (χ2v) is 5.43. The lowest BCUT2D eigenvalue weighted by atomic mass is 10.2. The maximum absolute atomic E-state index is 12.1. The molecule has 1 amide bonds. The van der Waals surface area contributed by atoms with E-state index in [9.17, 15) is 4.79 Å². The van der Waals surface area contributed by atoms with E-state index in [4.69, 9.17) is 16.9 Å². The lowest BCUT2D eigenvalue weighted by Gasteiger charge is -2.06. The molecule has 0 saturated carbocycles. The summed E-state index contributed by atoms with van der Waals surface area (Å²) in [5.74, 6) is -0.0502. The summed E-state index contributed by atoms with van der Waals surface area (Å²) in [5.41, 5.74) is 0.345. The lowest BCUT2D eigenvalue weighted by Crippen LogP contribution is -2.14. The van der Waals surface area contributed by atoms with Crippen molar-refractivity contribution < 1.29 is 4.79 Å². The summed E-state index contributed by atoms with van der Waals surface area (Å²) in [5, 5.41) is 14.9. The zero-order valence-corrected chi connectivity index (χ0v) is 13.5. The van der Waals surface area contributed by atoms with Crippen molar-refractivity contribution in [2.75, 3.05) is 10.6 Å². The molecule has 1 heterocycles. The van der Waals surface area contributed by atoms with Crippen LogP contribution in [0.3, 0.4) is 0 Å². The van der Waals surface area contributed by atoms with Crippen molar-refractivity contribution in [3.05, 3.63) is 63.9 Å². The SMILES string of the molecule is N#C/C(=C/Nc1cc(Br)ccn1)C(=O)Nc1ccccc1Cl. The lowest BCUT2D eigenvalue weighted by molar-refractivity contribution is -0.112. The molecule has 2 N–H and O–H groups in total. The van der Waals surface area contributed by atoms with Gasteiger partial charge in [-0.2, -0.15) is 5.26 Å². The molecule has 0 spiro atoms. The van der Waals surface area contributed by atoms with Crippen LogP contribution in [0.5, 0.6) is 0 Å². The fourth-order valence-corrected chi connectivity index (χ4v) is 2.05. The molecule has 1 aromatic carbocycles. The number of amides is 1. The third-order valence-electron chi connectivity index (χ3n) is 2.57. The Morgan fingerprint density at radius 3 is 2.82 bits per heavy atom. The Bertz CT molecular complexity index is 770. The van der Waals surface area contributed by atoms with Gasteiger partial charge in [-0.15, -0.1) is 0 Å². The summed E-state index contributed by atoms with van der Waals surface area (Å²) in [6.07, 6.45) is 2.89. The average molecular weight is 378 g/mol. The van der Waals surface area contributed by atoms with Crippen LogP contribution in [0.2, 0.25) is 5.02 Å². The van der Waals surface area contributed by atoms with Crippen LogP contribution in [0, 0.1) is 11.3 Å². The van der Waals surface area contributed by atoms with Gasteiger partial charge in [0.05, 0.1) is 10.7 Å². The predicted octanol–water partition coefficient (Wildman–Crippen LogP) is 3.96. The minimum atomic E-state index is -0.557. The molecule has 0 fully saturated rings. The number of aromatic nitrogens is 1. The smallest absolute Gasteiger partial charge is 0.267 e. The zero-order valence-electron chi connectivity index (χ0n) is 11.2. The first-order chi connectivity index (χ1) is 10.6. The molecule has 2 rings (SSSR count). The van der Waals surface area contributed by atoms with Crippen LogP contribution in [0.25, 0.3) is 0 Å². The predicted molar refractivity (Wildman–Crippen MR) is 89.3 cm³/mol. The van der Waals surface area contributed by atoms with Crippen LogP contribution in [0.4, 0.5) is 11.5 Å². The number of carbonyl (C=O) groups is 1. The number of halogens is 2. The molecule has 0 bridgehead atoms. The minimum Gasteiger partial charge on any atom is -0.345 e. The van der Waals surface area contributed by atoms with Crippen LogP contribution in [-0.2, 0) is 4.79 Å². The number of rotatable bonds is 4. The normalized spacial score (nSPS) is 10.7. The second kappa shape index (κ2) is 7.59. The summed E-state index contributed by atoms with van der Waals surface area (Å²) < 4.78 is 0.831. The third-order valence-corrected chi connectivity index (χ3v) is 3.40. The van der Waals surface area contributed by atoms with Crippen molar-refractivity contribution in [2.45, 2.75) is 0 Å². The van der Waals surface area contributed by atoms with Crippen LogP contribution >= 0.6 is 27.5 Å². The van der Waals surface area contributed by atoms with Gasteiger partial charge in [0.25, 0.3) is 5.91 Å². The van der Waals surface area contributed by atoms with Gasteiger partial charge in [-0.05, 0) is 24.3 Å². The van der Waals surface area contributed by atoms with Crippen molar-refractivity contribution in [1.82, 2.24) is 4.98 Å². The molecule has 0 atom stereocenters. The number of anilines is 2. The van der Waals surface area contributed by atoms with Crippen molar-refractivity contribution in [3.8, 4) is 6.07 Å². The molecule has 0 aliphatic rings. The fourth-order valence-electron chi connectivity index (χ4n) is 1.53.